The molecule has 5 rings (SSSR count). The van der Waals surface area contributed by atoms with Gasteiger partial charge in [-0.25, -0.2) is 15.0 Å². The molecule has 1 aromatic carbocycles. The first-order valence-corrected chi connectivity index (χ1v) is 14.2. The molecule has 1 amide bonds. The van der Waals surface area contributed by atoms with Gasteiger partial charge in [-0.15, -0.1) is 11.3 Å². The van der Waals surface area contributed by atoms with Crippen LogP contribution in [0.25, 0.3) is 32.6 Å². The Kier molecular flexibility index (Phi) is 7.92. The first-order valence-electron chi connectivity index (χ1n) is 13.4. The number of carboxylic acids is 1. The van der Waals surface area contributed by atoms with Crippen molar-refractivity contribution in [1.29, 1.82) is 0 Å². The van der Waals surface area contributed by atoms with Gasteiger partial charge >= 0.3 is 5.97 Å². The van der Waals surface area contributed by atoms with Crippen LogP contribution in [0.15, 0.2) is 42.9 Å². The molecular weight excluding hydrogens is 528 g/mol. The lowest BCUT2D eigenvalue weighted by Gasteiger charge is -2.36. The normalized spacial score (nSPS) is 14.7. The molecule has 1 aliphatic heterocycles. The summed E-state index contributed by atoms with van der Waals surface area (Å²) in [7, 11) is 0. The van der Waals surface area contributed by atoms with E-state index in [2.05, 4.69) is 20.3 Å². The molecule has 1 aliphatic rings. The summed E-state index contributed by atoms with van der Waals surface area (Å²) in [6.45, 7) is 7.92. The number of carbonyl (C=O) groups is 2. The number of fused-ring (bicyclic) bond motifs is 1. The van der Waals surface area contributed by atoms with Crippen molar-refractivity contribution in [2.24, 2.45) is 5.41 Å². The molecule has 0 radical (unpaired) electrons. The van der Waals surface area contributed by atoms with E-state index >= 15 is 0 Å². The van der Waals surface area contributed by atoms with E-state index in [1.165, 1.54) is 11.3 Å². The molecule has 4 heterocycles. The number of hydrogen-bond acceptors (Lipinski definition) is 9. The van der Waals surface area contributed by atoms with Gasteiger partial charge in [0.15, 0.2) is 0 Å². The molecule has 0 unspecified atom stereocenters. The predicted octanol–water partition coefficient (Wildman–Crippen LogP) is 4.58. The largest absolute Gasteiger partial charge is 0.494 e. The highest BCUT2D eigenvalue weighted by molar-refractivity contribution is 7.19. The van der Waals surface area contributed by atoms with Gasteiger partial charge in [0.1, 0.15) is 10.8 Å². The number of carbonyl (C=O) groups excluding carboxylic acids is 1. The highest BCUT2D eigenvalue weighted by Gasteiger charge is 2.37. The second-order valence-corrected chi connectivity index (χ2v) is 11.1. The van der Waals surface area contributed by atoms with E-state index in [0.717, 1.165) is 43.4 Å². The van der Waals surface area contributed by atoms with Crippen LogP contribution in [0.2, 0.25) is 0 Å². The SMILES string of the molecule is CCNC(=O)Cc1nc2cc(-c3cnc(N4CCC(C)(C(=O)O)CC4)nc3)cc(-c3cc(OCC)ccn3)c2s1. The average molecular weight is 561 g/mol. The van der Waals surface area contributed by atoms with Crippen molar-refractivity contribution in [2.75, 3.05) is 31.1 Å². The van der Waals surface area contributed by atoms with Gasteiger partial charge in [-0.05, 0) is 57.4 Å². The van der Waals surface area contributed by atoms with E-state index < -0.39 is 11.4 Å². The lowest BCUT2D eigenvalue weighted by atomic mass is 9.80. The number of anilines is 1. The topological polar surface area (TPSA) is 130 Å². The van der Waals surface area contributed by atoms with Crippen LogP contribution in [0.5, 0.6) is 5.75 Å². The molecule has 4 aromatic rings. The summed E-state index contributed by atoms with van der Waals surface area (Å²) >= 11 is 1.49. The second-order valence-electron chi connectivity index (χ2n) is 10.0. The third-order valence-electron chi connectivity index (χ3n) is 7.18. The van der Waals surface area contributed by atoms with E-state index in [1.807, 2.05) is 43.0 Å². The minimum Gasteiger partial charge on any atom is -0.494 e. The summed E-state index contributed by atoms with van der Waals surface area (Å²) in [5, 5.41) is 13.1. The Morgan fingerprint density at radius 1 is 1.10 bits per heavy atom. The Hall–Kier alpha value is -4.12. The van der Waals surface area contributed by atoms with Gasteiger partial charge < -0.3 is 20.1 Å². The predicted molar refractivity (Wildman–Crippen MR) is 155 cm³/mol. The molecule has 10 nitrogen and oxygen atoms in total. The number of likely N-dealkylation sites (N-methyl/N-ethyl adjacent to an activating group) is 1. The number of aromatic nitrogens is 4. The van der Waals surface area contributed by atoms with E-state index in [0.29, 0.717) is 45.0 Å². The van der Waals surface area contributed by atoms with E-state index in [1.54, 1.807) is 25.5 Å². The average Bonchev–Trinajstić information content (AvgIpc) is 3.35. The standard InChI is InChI=1S/C29H32N6O4S/c1-4-30-24(36)15-25-34-23-13-18(12-21(26(23)40-25)22-14-20(39-5-2)6-9-31-22)19-16-32-28(33-17-19)35-10-7-29(3,8-11-35)27(37)38/h6,9,12-14,16-17H,4-5,7-8,10-11,15H2,1-3H3,(H,30,36)(H,37,38). The van der Waals surface area contributed by atoms with Crippen LogP contribution < -0.4 is 15.0 Å². The lowest BCUT2D eigenvalue weighted by Crippen LogP contribution is -2.43. The fraction of sp³-hybridized carbons (Fsp3) is 0.379. The quantitative estimate of drug-likeness (QED) is 0.302. The van der Waals surface area contributed by atoms with Crippen molar-refractivity contribution in [1.82, 2.24) is 25.3 Å². The van der Waals surface area contributed by atoms with Crippen LogP contribution in [-0.2, 0) is 16.0 Å². The van der Waals surface area contributed by atoms with Crippen LogP contribution in [0, 0.1) is 5.41 Å². The number of pyridine rings is 1. The smallest absolute Gasteiger partial charge is 0.309 e. The number of nitrogens with one attached hydrogen (secondary N) is 1. The highest BCUT2D eigenvalue weighted by Crippen LogP contribution is 2.38. The van der Waals surface area contributed by atoms with Crippen LogP contribution in [-0.4, -0.2) is 63.2 Å². The molecule has 40 heavy (non-hydrogen) atoms. The van der Waals surface area contributed by atoms with Gasteiger partial charge in [-0.2, -0.15) is 0 Å². The molecule has 0 spiro atoms. The van der Waals surface area contributed by atoms with Crippen molar-refractivity contribution in [3.05, 3.63) is 47.9 Å². The number of piperidine rings is 1. The number of hydrogen-bond donors (Lipinski definition) is 2. The second kappa shape index (κ2) is 11.5. The third-order valence-corrected chi connectivity index (χ3v) is 8.28. The zero-order valence-corrected chi connectivity index (χ0v) is 23.6. The van der Waals surface area contributed by atoms with Gasteiger partial charge in [-0.1, -0.05) is 0 Å². The van der Waals surface area contributed by atoms with Gasteiger partial charge in [0.2, 0.25) is 11.9 Å². The van der Waals surface area contributed by atoms with Crippen LogP contribution in [0.4, 0.5) is 5.95 Å². The summed E-state index contributed by atoms with van der Waals surface area (Å²) in [6, 6.07) is 7.77. The summed E-state index contributed by atoms with van der Waals surface area (Å²) in [4.78, 5) is 44.5. The zero-order chi connectivity index (χ0) is 28.3. The number of nitrogens with zero attached hydrogens (tertiary/aromatic N) is 5. The number of carboxylic acid groups (broad SMARTS) is 1. The molecule has 1 fully saturated rings. The number of rotatable bonds is 9. The minimum atomic E-state index is -0.757. The molecule has 0 bridgehead atoms. The van der Waals surface area contributed by atoms with Gasteiger partial charge in [-0.3, -0.25) is 14.6 Å². The van der Waals surface area contributed by atoms with Crippen molar-refractivity contribution >= 4 is 39.4 Å². The summed E-state index contributed by atoms with van der Waals surface area (Å²) in [5.74, 6) is 0.491. The van der Waals surface area contributed by atoms with Crippen LogP contribution >= 0.6 is 11.3 Å². The minimum absolute atomic E-state index is 0.0647. The van der Waals surface area contributed by atoms with Crippen molar-refractivity contribution in [3.8, 4) is 28.1 Å². The Bertz CT molecular complexity index is 1530. The molecule has 0 saturated carbocycles. The van der Waals surface area contributed by atoms with Crippen LogP contribution in [0.3, 0.4) is 0 Å². The summed E-state index contributed by atoms with van der Waals surface area (Å²) < 4.78 is 6.66. The number of benzene rings is 1. The molecule has 3 aromatic heterocycles. The number of aliphatic carboxylic acids is 1. The Morgan fingerprint density at radius 2 is 1.85 bits per heavy atom. The summed E-state index contributed by atoms with van der Waals surface area (Å²) in [6.07, 6.45) is 6.59. The molecule has 2 N–H and O–H groups in total. The molecule has 1 saturated heterocycles. The first kappa shape index (κ1) is 27.4. The fourth-order valence-corrected chi connectivity index (χ4v) is 5.84. The Morgan fingerprint density at radius 3 is 2.52 bits per heavy atom. The molecule has 0 atom stereocenters. The van der Waals surface area contributed by atoms with Crippen molar-refractivity contribution in [2.45, 2.75) is 40.0 Å². The third kappa shape index (κ3) is 5.74. The maximum atomic E-state index is 12.3. The molecular formula is C29H32N6O4S. The highest BCUT2D eigenvalue weighted by atomic mass is 32.1. The summed E-state index contributed by atoms with van der Waals surface area (Å²) in [5.41, 5.74) is 3.40. The van der Waals surface area contributed by atoms with E-state index in [-0.39, 0.29) is 12.3 Å². The Labute approximate surface area is 236 Å². The first-order chi connectivity index (χ1) is 19.3. The molecule has 11 heteroatoms. The van der Waals surface area contributed by atoms with Crippen molar-refractivity contribution in [3.63, 3.8) is 0 Å². The maximum absolute atomic E-state index is 12.3. The van der Waals surface area contributed by atoms with Crippen LogP contribution in [0.1, 0.15) is 38.6 Å². The number of amides is 1. The number of thiazole rings is 1. The monoisotopic (exact) mass is 560 g/mol. The van der Waals surface area contributed by atoms with Gasteiger partial charge in [0.25, 0.3) is 0 Å². The molecule has 0 aliphatic carbocycles. The Balaban J connectivity index is 1.49. The van der Waals surface area contributed by atoms with E-state index in [4.69, 9.17) is 9.72 Å². The maximum Gasteiger partial charge on any atom is 0.309 e. The molecule has 208 valence electrons. The lowest BCUT2D eigenvalue weighted by molar-refractivity contribution is -0.149. The number of ether oxygens (including phenoxy) is 1. The van der Waals surface area contributed by atoms with E-state index in [9.17, 15) is 14.7 Å². The van der Waals surface area contributed by atoms with Gasteiger partial charge in [0.05, 0.1) is 34.4 Å². The van der Waals surface area contributed by atoms with Gasteiger partial charge in [0, 0.05) is 55.4 Å². The van der Waals surface area contributed by atoms with Crippen molar-refractivity contribution < 1.29 is 19.4 Å². The fourth-order valence-electron chi connectivity index (χ4n) is 4.77. The zero-order valence-electron chi connectivity index (χ0n) is 22.8.